The summed E-state index contributed by atoms with van der Waals surface area (Å²) in [7, 11) is 0. The predicted octanol–water partition coefficient (Wildman–Crippen LogP) is 2.47. The van der Waals surface area contributed by atoms with E-state index in [1.165, 1.54) is 0 Å². The first kappa shape index (κ1) is 15.2. The standard InChI is InChI=1S/C19H23N3O2/c1-2-13-14-5-3-4-6-15(14)21-17(13)18(24)22-9-7-19(8-10-22)11-16(23)20-12-19/h3-6,21H,2,7-12H2,1H3,(H,20,23). The van der Waals surface area contributed by atoms with Crippen molar-refractivity contribution in [2.24, 2.45) is 5.41 Å². The average Bonchev–Trinajstić information content (AvgIpc) is 3.15. The summed E-state index contributed by atoms with van der Waals surface area (Å²) >= 11 is 0. The van der Waals surface area contributed by atoms with E-state index in [9.17, 15) is 9.59 Å². The molecule has 2 aliphatic heterocycles. The summed E-state index contributed by atoms with van der Waals surface area (Å²) in [6, 6.07) is 8.09. The van der Waals surface area contributed by atoms with Crippen molar-refractivity contribution in [1.82, 2.24) is 15.2 Å². The van der Waals surface area contributed by atoms with Gasteiger partial charge in [-0.25, -0.2) is 0 Å². The number of aromatic nitrogens is 1. The largest absolute Gasteiger partial charge is 0.356 e. The SMILES string of the molecule is CCc1c(C(=O)N2CCC3(CC2)CNC(=O)C3)[nH]c2ccccc12. The Hall–Kier alpha value is -2.30. The normalized spacial score (nSPS) is 19.9. The number of benzene rings is 1. The van der Waals surface area contributed by atoms with Gasteiger partial charge in [-0.05, 0) is 36.3 Å². The summed E-state index contributed by atoms with van der Waals surface area (Å²) in [5, 5.41) is 4.08. The summed E-state index contributed by atoms with van der Waals surface area (Å²) in [5.74, 6) is 0.244. The van der Waals surface area contributed by atoms with Crippen LogP contribution in [0.3, 0.4) is 0 Å². The van der Waals surface area contributed by atoms with Crippen molar-refractivity contribution >= 4 is 22.7 Å². The van der Waals surface area contributed by atoms with Crippen LogP contribution in [0.2, 0.25) is 0 Å². The van der Waals surface area contributed by atoms with Gasteiger partial charge in [0, 0.05) is 37.0 Å². The number of amides is 2. The Morgan fingerprint density at radius 3 is 2.67 bits per heavy atom. The Balaban J connectivity index is 1.56. The Kier molecular flexibility index (Phi) is 3.59. The number of hydrogen-bond donors (Lipinski definition) is 2. The first-order valence-corrected chi connectivity index (χ1v) is 8.77. The van der Waals surface area contributed by atoms with Crippen LogP contribution in [-0.2, 0) is 11.2 Å². The lowest BCUT2D eigenvalue weighted by Gasteiger charge is -2.38. The molecule has 2 amide bonds. The minimum absolute atomic E-state index is 0.0713. The highest BCUT2D eigenvalue weighted by molar-refractivity contribution is 6.01. The number of hydrogen-bond acceptors (Lipinski definition) is 2. The topological polar surface area (TPSA) is 65.2 Å². The number of carbonyl (C=O) groups excluding carboxylic acids is 2. The molecular weight excluding hydrogens is 302 g/mol. The second-order valence-corrected chi connectivity index (χ2v) is 7.12. The van der Waals surface area contributed by atoms with Gasteiger partial charge in [-0.15, -0.1) is 0 Å². The molecule has 4 rings (SSSR count). The molecule has 2 saturated heterocycles. The van der Waals surface area contributed by atoms with Gasteiger partial charge in [-0.3, -0.25) is 9.59 Å². The van der Waals surface area contributed by atoms with Crippen molar-refractivity contribution in [2.45, 2.75) is 32.6 Å². The summed E-state index contributed by atoms with van der Waals surface area (Å²) in [5.41, 5.74) is 2.93. The van der Waals surface area contributed by atoms with Crippen LogP contribution in [0.15, 0.2) is 24.3 Å². The van der Waals surface area contributed by atoms with E-state index in [0.717, 1.165) is 61.1 Å². The molecule has 2 aliphatic rings. The van der Waals surface area contributed by atoms with Crippen LogP contribution in [0.25, 0.3) is 10.9 Å². The molecule has 1 spiro atoms. The molecule has 0 saturated carbocycles. The molecule has 0 radical (unpaired) electrons. The van der Waals surface area contributed by atoms with E-state index in [1.54, 1.807) is 0 Å². The van der Waals surface area contributed by atoms with E-state index in [4.69, 9.17) is 0 Å². The highest BCUT2D eigenvalue weighted by Gasteiger charge is 2.42. The van der Waals surface area contributed by atoms with E-state index in [2.05, 4.69) is 23.3 Å². The van der Waals surface area contributed by atoms with E-state index in [1.807, 2.05) is 23.1 Å². The minimum atomic E-state index is 0.0713. The fourth-order valence-corrected chi connectivity index (χ4v) is 4.20. The Morgan fingerprint density at radius 2 is 2.00 bits per heavy atom. The van der Waals surface area contributed by atoms with Crippen molar-refractivity contribution < 1.29 is 9.59 Å². The van der Waals surface area contributed by atoms with Gasteiger partial charge in [-0.2, -0.15) is 0 Å². The molecule has 0 bridgehead atoms. The third-order valence-electron chi connectivity index (χ3n) is 5.69. The summed E-state index contributed by atoms with van der Waals surface area (Å²) in [6.45, 7) is 4.31. The zero-order valence-electron chi connectivity index (χ0n) is 14.0. The van der Waals surface area contributed by atoms with Crippen LogP contribution in [0.4, 0.5) is 0 Å². The van der Waals surface area contributed by atoms with Crippen LogP contribution in [0, 0.1) is 5.41 Å². The molecule has 3 heterocycles. The maximum atomic E-state index is 13.0. The Bertz CT molecular complexity index is 800. The van der Waals surface area contributed by atoms with Crippen molar-refractivity contribution in [3.63, 3.8) is 0 Å². The van der Waals surface area contributed by atoms with Crippen LogP contribution >= 0.6 is 0 Å². The number of aryl methyl sites for hydroxylation is 1. The zero-order chi connectivity index (χ0) is 16.7. The van der Waals surface area contributed by atoms with E-state index < -0.39 is 0 Å². The maximum Gasteiger partial charge on any atom is 0.270 e. The molecule has 1 aromatic carbocycles. The average molecular weight is 325 g/mol. The Labute approximate surface area is 141 Å². The molecule has 2 fully saturated rings. The van der Waals surface area contributed by atoms with Gasteiger partial charge >= 0.3 is 0 Å². The fourth-order valence-electron chi connectivity index (χ4n) is 4.20. The van der Waals surface area contributed by atoms with Crippen molar-refractivity contribution in [3.8, 4) is 0 Å². The number of rotatable bonds is 2. The molecule has 126 valence electrons. The maximum absolute atomic E-state index is 13.0. The first-order chi connectivity index (χ1) is 11.6. The lowest BCUT2D eigenvalue weighted by atomic mass is 9.77. The van der Waals surface area contributed by atoms with Crippen LogP contribution < -0.4 is 5.32 Å². The van der Waals surface area contributed by atoms with Crippen LogP contribution in [-0.4, -0.2) is 41.3 Å². The number of carbonyl (C=O) groups is 2. The van der Waals surface area contributed by atoms with Crippen LogP contribution in [0.5, 0.6) is 0 Å². The lowest BCUT2D eigenvalue weighted by Crippen LogP contribution is -2.44. The highest BCUT2D eigenvalue weighted by Crippen LogP contribution is 2.38. The highest BCUT2D eigenvalue weighted by atomic mass is 16.2. The van der Waals surface area contributed by atoms with Crippen molar-refractivity contribution in [1.29, 1.82) is 0 Å². The van der Waals surface area contributed by atoms with Gasteiger partial charge in [0.1, 0.15) is 5.69 Å². The number of fused-ring (bicyclic) bond motifs is 1. The quantitative estimate of drug-likeness (QED) is 0.891. The van der Waals surface area contributed by atoms with Gasteiger partial charge in [-0.1, -0.05) is 25.1 Å². The third-order valence-corrected chi connectivity index (χ3v) is 5.69. The predicted molar refractivity (Wildman–Crippen MR) is 92.9 cm³/mol. The van der Waals surface area contributed by atoms with Gasteiger partial charge in [0.2, 0.25) is 5.91 Å². The second kappa shape index (κ2) is 5.65. The number of likely N-dealkylation sites (tertiary alicyclic amines) is 1. The van der Waals surface area contributed by atoms with E-state index >= 15 is 0 Å². The molecule has 5 heteroatoms. The summed E-state index contributed by atoms with van der Waals surface area (Å²) < 4.78 is 0. The third kappa shape index (κ3) is 2.39. The number of nitrogens with one attached hydrogen (secondary N) is 2. The fraction of sp³-hybridized carbons (Fsp3) is 0.474. The molecule has 2 aromatic rings. The second-order valence-electron chi connectivity index (χ2n) is 7.12. The van der Waals surface area contributed by atoms with Gasteiger partial charge in [0.05, 0.1) is 0 Å². The van der Waals surface area contributed by atoms with Crippen molar-refractivity contribution in [2.75, 3.05) is 19.6 Å². The summed E-state index contributed by atoms with van der Waals surface area (Å²) in [4.78, 5) is 29.8. The molecule has 5 nitrogen and oxygen atoms in total. The van der Waals surface area contributed by atoms with Gasteiger partial charge in [0.25, 0.3) is 5.91 Å². The van der Waals surface area contributed by atoms with Gasteiger partial charge in [0.15, 0.2) is 0 Å². The minimum Gasteiger partial charge on any atom is -0.356 e. The van der Waals surface area contributed by atoms with Gasteiger partial charge < -0.3 is 15.2 Å². The number of piperidine rings is 1. The van der Waals surface area contributed by atoms with Crippen molar-refractivity contribution in [3.05, 3.63) is 35.5 Å². The van der Waals surface area contributed by atoms with Crippen LogP contribution in [0.1, 0.15) is 42.2 Å². The monoisotopic (exact) mass is 325 g/mol. The Morgan fingerprint density at radius 1 is 1.25 bits per heavy atom. The smallest absolute Gasteiger partial charge is 0.270 e. The molecule has 0 aliphatic carbocycles. The number of nitrogens with zero attached hydrogens (tertiary/aromatic N) is 1. The molecule has 24 heavy (non-hydrogen) atoms. The molecule has 1 aromatic heterocycles. The molecule has 0 unspecified atom stereocenters. The van der Waals surface area contributed by atoms with E-state index in [0.29, 0.717) is 6.42 Å². The van der Waals surface area contributed by atoms with E-state index in [-0.39, 0.29) is 17.2 Å². The zero-order valence-corrected chi connectivity index (χ0v) is 14.0. The first-order valence-electron chi connectivity index (χ1n) is 8.77. The lowest BCUT2D eigenvalue weighted by molar-refractivity contribution is -0.119. The number of para-hydroxylation sites is 1. The molecule has 2 N–H and O–H groups in total. The summed E-state index contributed by atoms with van der Waals surface area (Å²) in [6.07, 6.45) is 3.25. The molecular formula is C19H23N3O2. The number of aromatic amines is 1. The molecule has 0 atom stereocenters. The number of H-pyrrole nitrogens is 1.